The van der Waals surface area contributed by atoms with Crippen molar-refractivity contribution >= 4 is 23.0 Å². The molecular weight excluding hydrogens is 520 g/mol. The largest absolute Gasteiger partial charge is 0.456 e. The molecule has 2 heterocycles. The molecule has 1 atom stereocenters. The summed E-state index contributed by atoms with van der Waals surface area (Å²) >= 11 is 0. The van der Waals surface area contributed by atoms with Gasteiger partial charge < -0.3 is 19.7 Å². The summed E-state index contributed by atoms with van der Waals surface area (Å²) < 4.78 is 13.1. The summed E-state index contributed by atoms with van der Waals surface area (Å²) in [5.74, 6) is 1.14. The van der Waals surface area contributed by atoms with Gasteiger partial charge in [0.15, 0.2) is 5.60 Å². The van der Waals surface area contributed by atoms with Crippen molar-refractivity contribution in [3.8, 4) is 11.5 Å². The summed E-state index contributed by atoms with van der Waals surface area (Å²) in [5, 5.41) is 3.56. The number of fused-ring (bicyclic) bond motifs is 6. The first kappa shape index (κ1) is 27.9. The Morgan fingerprint density at radius 2 is 1.48 bits per heavy atom. The SMILES string of the molecule is CCCCCCN(CCCC)c1ccc2c(c1)Oc1cc(C)c(Nc3ccccc3)cc1C21OC(=O)c2ccccc21. The number of nitrogens with zero attached hydrogens (tertiary/aromatic N) is 1. The van der Waals surface area contributed by atoms with Crippen LogP contribution in [0.5, 0.6) is 11.5 Å². The fourth-order valence-corrected chi connectivity index (χ4v) is 6.26. The van der Waals surface area contributed by atoms with E-state index in [1.54, 1.807) is 0 Å². The molecule has 42 heavy (non-hydrogen) atoms. The fourth-order valence-electron chi connectivity index (χ4n) is 6.26. The zero-order chi connectivity index (χ0) is 29.1. The predicted octanol–water partition coefficient (Wildman–Crippen LogP) is 9.49. The van der Waals surface area contributed by atoms with Crippen LogP contribution in [0.25, 0.3) is 0 Å². The molecule has 0 aromatic heterocycles. The van der Waals surface area contributed by atoms with Crippen LogP contribution in [0.3, 0.4) is 0 Å². The second-order valence-electron chi connectivity index (χ2n) is 11.5. The van der Waals surface area contributed by atoms with Crippen LogP contribution in [-0.4, -0.2) is 19.1 Å². The number of hydrogen-bond donors (Lipinski definition) is 1. The van der Waals surface area contributed by atoms with Gasteiger partial charge >= 0.3 is 5.97 Å². The minimum atomic E-state index is -1.09. The number of carbonyl (C=O) groups is 1. The Balaban J connectivity index is 1.46. The zero-order valence-corrected chi connectivity index (χ0v) is 24.9. The van der Waals surface area contributed by atoms with Crippen molar-refractivity contribution in [2.24, 2.45) is 0 Å². The van der Waals surface area contributed by atoms with Gasteiger partial charge in [-0.15, -0.1) is 0 Å². The van der Waals surface area contributed by atoms with Crippen molar-refractivity contribution < 1.29 is 14.3 Å². The minimum Gasteiger partial charge on any atom is -0.456 e. The smallest absolute Gasteiger partial charge is 0.340 e. The molecule has 216 valence electrons. The zero-order valence-electron chi connectivity index (χ0n) is 24.9. The molecule has 0 saturated heterocycles. The van der Waals surface area contributed by atoms with Crippen molar-refractivity contribution in [2.75, 3.05) is 23.3 Å². The second-order valence-corrected chi connectivity index (χ2v) is 11.5. The lowest BCUT2D eigenvalue weighted by molar-refractivity contribution is 0.0224. The summed E-state index contributed by atoms with van der Waals surface area (Å²) in [6.45, 7) is 8.59. The van der Waals surface area contributed by atoms with Crippen molar-refractivity contribution in [3.05, 3.63) is 113 Å². The highest BCUT2D eigenvalue weighted by molar-refractivity contribution is 5.97. The maximum atomic E-state index is 13.4. The van der Waals surface area contributed by atoms with E-state index >= 15 is 0 Å². The number of rotatable bonds is 11. The number of unbranched alkanes of at least 4 members (excludes halogenated alkanes) is 4. The lowest BCUT2D eigenvalue weighted by Gasteiger charge is -2.38. The van der Waals surface area contributed by atoms with E-state index in [1.165, 1.54) is 25.7 Å². The van der Waals surface area contributed by atoms with Crippen LogP contribution in [0, 0.1) is 6.92 Å². The summed E-state index contributed by atoms with van der Waals surface area (Å²) in [5.41, 5.74) is 6.17. The maximum absolute atomic E-state index is 13.4. The van der Waals surface area contributed by atoms with E-state index in [0.29, 0.717) is 11.3 Å². The highest BCUT2D eigenvalue weighted by atomic mass is 16.6. The number of carbonyl (C=O) groups excluding carboxylic acids is 1. The quantitative estimate of drug-likeness (QED) is 0.146. The topological polar surface area (TPSA) is 50.8 Å². The van der Waals surface area contributed by atoms with Gasteiger partial charge in [0.25, 0.3) is 0 Å². The summed E-state index contributed by atoms with van der Waals surface area (Å²) in [4.78, 5) is 15.9. The van der Waals surface area contributed by atoms with Crippen molar-refractivity contribution in [3.63, 3.8) is 0 Å². The minimum absolute atomic E-state index is 0.313. The first-order valence-electron chi connectivity index (χ1n) is 15.4. The summed E-state index contributed by atoms with van der Waals surface area (Å²) in [6, 6.07) is 28.4. The number of nitrogens with one attached hydrogen (secondary N) is 1. The molecule has 0 radical (unpaired) electrons. The van der Waals surface area contributed by atoms with Gasteiger partial charge in [-0.2, -0.15) is 0 Å². The Morgan fingerprint density at radius 3 is 2.29 bits per heavy atom. The molecule has 0 aliphatic carbocycles. The van der Waals surface area contributed by atoms with Gasteiger partial charge in [0.2, 0.25) is 0 Å². The van der Waals surface area contributed by atoms with Gasteiger partial charge in [-0.3, -0.25) is 0 Å². The molecule has 0 saturated carbocycles. The number of aryl methyl sites for hydroxylation is 1. The molecule has 1 unspecified atom stereocenters. The third-order valence-electron chi connectivity index (χ3n) is 8.52. The average molecular weight is 561 g/mol. The van der Waals surface area contributed by atoms with Gasteiger partial charge in [-0.05, 0) is 67.8 Å². The Kier molecular flexibility index (Phi) is 7.92. The molecule has 2 aliphatic heterocycles. The molecule has 0 fully saturated rings. The number of anilines is 3. The standard InChI is InChI=1S/C37H40N2O3/c1-4-6-8-14-22-39(21-7-5-2)28-19-20-31-35(24-28)41-34-23-26(3)33(38-27-15-10-9-11-16-27)25-32(34)37(31)30-18-13-12-17-29(30)36(40)42-37/h9-13,15-20,23-25,38H,4-8,14,21-22H2,1-3H3. The van der Waals surface area contributed by atoms with E-state index in [-0.39, 0.29) is 5.97 Å². The monoisotopic (exact) mass is 560 g/mol. The molecule has 0 amide bonds. The van der Waals surface area contributed by atoms with Crippen molar-refractivity contribution in [1.29, 1.82) is 0 Å². The van der Waals surface area contributed by atoms with E-state index in [9.17, 15) is 4.79 Å². The summed E-state index contributed by atoms with van der Waals surface area (Å²) in [6.07, 6.45) is 7.19. The Hall–Kier alpha value is -4.25. The van der Waals surface area contributed by atoms with Crippen LogP contribution in [0.15, 0.2) is 84.9 Å². The number of benzene rings is 4. The average Bonchev–Trinajstić information content (AvgIpc) is 3.30. The Morgan fingerprint density at radius 1 is 0.738 bits per heavy atom. The van der Waals surface area contributed by atoms with Crippen LogP contribution in [0.2, 0.25) is 0 Å². The number of esters is 1. The van der Waals surface area contributed by atoms with Gasteiger partial charge in [0.05, 0.1) is 5.56 Å². The van der Waals surface area contributed by atoms with E-state index in [1.807, 2.05) is 54.6 Å². The molecular formula is C37H40N2O3. The molecule has 5 heteroatoms. The molecule has 1 spiro atoms. The van der Waals surface area contributed by atoms with E-state index in [4.69, 9.17) is 9.47 Å². The molecule has 6 rings (SSSR count). The van der Waals surface area contributed by atoms with E-state index < -0.39 is 5.60 Å². The number of para-hydroxylation sites is 1. The molecule has 4 aromatic carbocycles. The first-order valence-corrected chi connectivity index (χ1v) is 15.4. The van der Waals surface area contributed by atoms with Crippen LogP contribution in [0.1, 0.15) is 85.0 Å². The molecule has 4 aromatic rings. The van der Waals surface area contributed by atoms with E-state index in [2.05, 4.69) is 61.3 Å². The lowest BCUT2D eigenvalue weighted by atomic mass is 9.77. The second kappa shape index (κ2) is 11.9. The highest BCUT2D eigenvalue weighted by Crippen LogP contribution is 2.57. The first-order chi connectivity index (χ1) is 20.5. The van der Waals surface area contributed by atoms with Crippen LogP contribution in [-0.2, 0) is 10.3 Å². The third-order valence-corrected chi connectivity index (χ3v) is 8.52. The Bertz CT molecular complexity index is 1580. The Labute approximate surface area is 249 Å². The van der Waals surface area contributed by atoms with Gasteiger partial charge in [0, 0.05) is 52.9 Å². The van der Waals surface area contributed by atoms with Crippen LogP contribution < -0.4 is 15.0 Å². The summed E-state index contributed by atoms with van der Waals surface area (Å²) in [7, 11) is 0. The molecule has 0 bridgehead atoms. The fraction of sp³-hybridized carbons (Fsp3) is 0.324. The van der Waals surface area contributed by atoms with Crippen molar-refractivity contribution in [1.82, 2.24) is 0 Å². The van der Waals surface area contributed by atoms with Gasteiger partial charge in [-0.25, -0.2) is 4.79 Å². The normalized spacial score (nSPS) is 16.3. The highest BCUT2D eigenvalue weighted by Gasteiger charge is 2.53. The van der Waals surface area contributed by atoms with Crippen LogP contribution in [0.4, 0.5) is 17.1 Å². The van der Waals surface area contributed by atoms with Gasteiger partial charge in [0.1, 0.15) is 11.5 Å². The number of hydrogen-bond acceptors (Lipinski definition) is 5. The number of ether oxygens (including phenoxy) is 2. The van der Waals surface area contributed by atoms with E-state index in [0.717, 1.165) is 71.0 Å². The van der Waals surface area contributed by atoms with Crippen LogP contribution >= 0.6 is 0 Å². The maximum Gasteiger partial charge on any atom is 0.340 e. The lowest BCUT2D eigenvalue weighted by Crippen LogP contribution is -2.33. The van der Waals surface area contributed by atoms with Gasteiger partial charge in [-0.1, -0.05) is 75.9 Å². The third kappa shape index (κ3) is 5.02. The van der Waals surface area contributed by atoms with Crippen molar-refractivity contribution in [2.45, 2.75) is 64.9 Å². The molecule has 2 aliphatic rings. The predicted molar refractivity (Wildman–Crippen MR) is 170 cm³/mol. The molecule has 5 nitrogen and oxygen atoms in total. The molecule has 1 N–H and O–H groups in total.